The SMILES string of the molecule is CC(C)(C)C1=Nc2ccccc2C1.CC(C)(C)C1=Nc2ccccc2C1.CC(C)(C)C1Cc2ccccc2C1.CC(C)(C)c1ccc2c(c1)CC=N2.CC(C)(C)c1ccc2c(c1)CCC2.CC(C)(C)c1ccc2c(c1)N=CC2.CC(C)(C)c1ccc2ccccc2c1.CC(C)(C)c1ccc2ccccc2c1.CC(C)(C)c1ccc2ccccc2c1. The van der Waals surface area contributed by atoms with E-state index in [-0.39, 0.29) is 37.9 Å². The summed E-state index contributed by atoms with van der Waals surface area (Å²) in [5, 5.41) is 7.96. The van der Waals surface area contributed by atoms with Crippen molar-refractivity contribution in [3.63, 3.8) is 0 Å². The lowest BCUT2D eigenvalue weighted by Crippen LogP contribution is -2.20. The largest absolute Gasteiger partial charge is 0.261 e. The fraction of sp³-hybridized carbons (Fsp3) is 0.397. The van der Waals surface area contributed by atoms with Crippen LogP contribution in [0.15, 0.2) is 275 Å². The van der Waals surface area contributed by atoms with E-state index in [1.807, 2.05) is 24.6 Å². The molecule has 0 saturated heterocycles. The van der Waals surface area contributed by atoms with Gasteiger partial charge in [-0.25, -0.2) is 0 Å². The summed E-state index contributed by atoms with van der Waals surface area (Å²) >= 11 is 0. The van der Waals surface area contributed by atoms with E-state index in [0.29, 0.717) is 10.8 Å². The van der Waals surface area contributed by atoms with Gasteiger partial charge in [-0.15, -0.1) is 0 Å². The lowest BCUT2D eigenvalue weighted by atomic mass is 9.79. The highest BCUT2D eigenvalue weighted by molar-refractivity contribution is 5.98. The van der Waals surface area contributed by atoms with Crippen molar-refractivity contribution >= 4 is 78.9 Å². The molecule has 4 nitrogen and oxygen atoms in total. The smallest absolute Gasteiger partial charge is 0.0665 e. The highest BCUT2D eigenvalue weighted by Gasteiger charge is 2.31. The van der Waals surface area contributed by atoms with Crippen molar-refractivity contribution in [1.29, 1.82) is 0 Å². The number of aryl methyl sites for hydroxylation is 2. The van der Waals surface area contributed by atoms with Gasteiger partial charge in [0.2, 0.25) is 0 Å². The number of para-hydroxylation sites is 2. The van der Waals surface area contributed by atoms with E-state index in [9.17, 15) is 0 Å². The summed E-state index contributed by atoms with van der Waals surface area (Å²) in [4.78, 5) is 17.9. The number of benzene rings is 12. The molecule has 0 atom stereocenters. The minimum Gasteiger partial charge on any atom is -0.261 e. The molecule has 0 aromatic heterocycles. The number of hydrogen-bond donors (Lipinski definition) is 0. The quantitative estimate of drug-likeness (QED) is 0.145. The summed E-state index contributed by atoms with van der Waals surface area (Å²) in [6.07, 6.45) is 14.5. The molecule has 0 N–H and O–H groups in total. The normalized spacial score (nSPS) is 14.3. The summed E-state index contributed by atoms with van der Waals surface area (Å²) < 4.78 is 0. The average Bonchev–Trinajstić information content (AvgIpc) is 1.51. The summed E-state index contributed by atoms with van der Waals surface area (Å²) in [7, 11) is 0. The van der Waals surface area contributed by atoms with Crippen LogP contribution in [-0.2, 0) is 83.9 Å². The van der Waals surface area contributed by atoms with E-state index in [2.05, 4.69) is 450 Å². The maximum atomic E-state index is 4.64. The zero-order valence-electron chi connectivity index (χ0n) is 78.6. The Balaban J connectivity index is 0.000000142. The number of hydrogen-bond acceptors (Lipinski definition) is 4. The first-order chi connectivity index (χ1) is 56.1. The van der Waals surface area contributed by atoms with Crippen molar-refractivity contribution < 1.29 is 0 Å². The van der Waals surface area contributed by atoms with Crippen LogP contribution in [0.1, 0.15) is 271 Å². The van der Waals surface area contributed by atoms with Crippen molar-refractivity contribution in [2.75, 3.05) is 0 Å². The lowest BCUT2D eigenvalue weighted by Gasteiger charge is -2.26. The predicted octanol–water partition coefficient (Wildman–Crippen LogP) is 32.5. The fourth-order valence-corrected chi connectivity index (χ4v) is 15.5. The molecule has 120 heavy (non-hydrogen) atoms. The third-order valence-corrected chi connectivity index (χ3v) is 24.0. The second-order valence-corrected chi connectivity index (χ2v) is 43.2. The van der Waals surface area contributed by atoms with Gasteiger partial charge in [0.1, 0.15) is 0 Å². The van der Waals surface area contributed by atoms with Crippen LogP contribution in [0, 0.1) is 22.2 Å². The van der Waals surface area contributed by atoms with Crippen molar-refractivity contribution in [3.8, 4) is 0 Å². The molecule has 2 aliphatic carbocycles. The zero-order chi connectivity index (χ0) is 87.4. The average molecular weight is 1590 g/mol. The van der Waals surface area contributed by atoms with Crippen molar-refractivity contribution in [3.05, 3.63) is 333 Å². The van der Waals surface area contributed by atoms with E-state index >= 15 is 0 Å². The van der Waals surface area contributed by atoms with Gasteiger partial charge in [-0.1, -0.05) is 417 Å². The minimum atomic E-state index is 0.207. The molecule has 18 rings (SSSR count). The summed E-state index contributed by atoms with van der Waals surface area (Å²) in [5.74, 6) is 0.838. The van der Waals surface area contributed by atoms with Gasteiger partial charge in [0.05, 0.1) is 22.7 Å². The number of aliphatic imine (C=N–C) groups is 4. The monoisotopic (exact) mass is 1590 g/mol. The molecule has 4 heteroatoms. The van der Waals surface area contributed by atoms with Crippen LogP contribution >= 0.6 is 0 Å². The molecule has 0 spiro atoms. The molecule has 4 heterocycles. The van der Waals surface area contributed by atoms with E-state index in [1.165, 1.54) is 131 Å². The Labute approximate surface area is 726 Å². The van der Waals surface area contributed by atoms with Gasteiger partial charge in [0.15, 0.2) is 0 Å². The minimum absolute atomic E-state index is 0.207. The maximum Gasteiger partial charge on any atom is 0.0665 e. The Kier molecular flexibility index (Phi) is 29.6. The second kappa shape index (κ2) is 38.4. The van der Waals surface area contributed by atoms with E-state index < -0.39 is 0 Å². The Morgan fingerprint density at radius 2 is 0.525 bits per heavy atom. The van der Waals surface area contributed by atoms with Crippen LogP contribution in [-0.4, -0.2) is 23.9 Å². The maximum absolute atomic E-state index is 4.64. The topological polar surface area (TPSA) is 49.4 Å². The lowest BCUT2D eigenvalue weighted by molar-refractivity contribution is 0.251. The molecule has 0 saturated carbocycles. The standard InChI is InChI=1S/3C14H16.2C13H18.4C12H15N/c3*1-14(2,3)13-9-8-11-6-4-5-7-12(11)10-13;1-13(2,3)12-8-7-10-5-4-6-11(10)9-12;1-13(2,3)12-8-10-6-4-5-7-11(10)9-12;1-12(2,3)10-4-5-11-9(8-10)6-7-13-11;1-12(2,3)10-5-4-9-6-7-13-11(9)8-10;2*1-12(2,3)11-8-9-6-4-5-7-10(9)13-11/h3*4-10H,1-3H3;7-9H,4-6H2,1-3H3;4-7,12H,8-9H2,1-3H3;2*4-5,7-8H,6H2,1-3H3;2*4-7H,8H2,1-3H3. The van der Waals surface area contributed by atoms with Gasteiger partial charge in [0.25, 0.3) is 0 Å². The highest BCUT2D eigenvalue weighted by Crippen LogP contribution is 2.41. The fourth-order valence-electron chi connectivity index (χ4n) is 15.5. The molecule has 0 fully saturated rings. The van der Waals surface area contributed by atoms with Crippen molar-refractivity contribution in [2.24, 2.45) is 42.1 Å². The zero-order valence-corrected chi connectivity index (χ0v) is 78.6. The van der Waals surface area contributed by atoms with E-state index in [0.717, 1.165) is 54.4 Å². The molecule has 628 valence electrons. The van der Waals surface area contributed by atoms with Crippen LogP contribution < -0.4 is 0 Å². The molecule has 6 aliphatic rings. The molecular formula is C116H144N4. The Bertz CT molecular complexity index is 5230. The molecule has 12 aromatic carbocycles. The number of fused-ring (bicyclic) bond motifs is 9. The molecule has 0 radical (unpaired) electrons. The summed E-state index contributed by atoms with van der Waals surface area (Å²) in [5.41, 5.74) is 29.8. The first kappa shape index (κ1) is 92.4. The van der Waals surface area contributed by atoms with Crippen molar-refractivity contribution in [1.82, 2.24) is 0 Å². The summed E-state index contributed by atoms with van der Waals surface area (Å²) in [6.45, 7) is 60.9. The van der Waals surface area contributed by atoms with E-state index in [1.54, 1.807) is 22.3 Å². The van der Waals surface area contributed by atoms with Crippen LogP contribution in [0.2, 0.25) is 0 Å². The van der Waals surface area contributed by atoms with Gasteiger partial charge >= 0.3 is 0 Å². The van der Waals surface area contributed by atoms with Gasteiger partial charge in [0, 0.05) is 60.4 Å². The van der Waals surface area contributed by atoms with Gasteiger partial charge in [-0.3, -0.25) is 20.0 Å². The Hall–Kier alpha value is -9.90. The van der Waals surface area contributed by atoms with Gasteiger partial charge in [-0.05, 0) is 210 Å². The van der Waals surface area contributed by atoms with Crippen LogP contribution in [0.3, 0.4) is 0 Å². The Morgan fingerprint density at radius 3 is 0.900 bits per heavy atom. The molecule has 0 bridgehead atoms. The molecule has 0 unspecified atom stereocenters. The van der Waals surface area contributed by atoms with Crippen LogP contribution in [0.5, 0.6) is 0 Å². The molecular weight excluding hydrogens is 1450 g/mol. The first-order valence-corrected chi connectivity index (χ1v) is 44.5. The number of rotatable bonds is 0. The molecule has 12 aromatic rings. The van der Waals surface area contributed by atoms with Crippen molar-refractivity contribution in [2.45, 2.75) is 277 Å². The molecule has 4 aliphatic heterocycles. The van der Waals surface area contributed by atoms with Crippen LogP contribution in [0.4, 0.5) is 22.7 Å². The summed E-state index contributed by atoms with van der Waals surface area (Å²) in [6, 6.07) is 91.5. The highest BCUT2D eigenvalue weighted by atomic mass is 14.8. The van der Waals surface area contributed by atoms with Gasteiger partial charge < -0.3 is 0 Å². The Morgan fingerprint density at radius 1 is 0.225 bits per heavy atom. The van der Waals surface area contributed by atoms with E-state index in [4.69, 9.17) is 0 Å². The van der Waals surface area contributed by atoms with Gasteiger partial charge in [-0.2, -0.15) is 0 Å². The molecule has 0 amide bonds. The van der Waals surface area contributed by atoms with Crippen LogP contribution in [0.25, 0.3) is 32.3 Å². The third-order valence-electron chi connectivity index (χ3n) is 24.0. The number of nitrogens with zero attached hydrogens (tertiary/aromatic N) is 4. The second-order valence-electron chi connectivity index (χ2n) is 43.2. The third kappa shape index (κ3) is 26.1. The first-order valence-electron chi connectivity index (χ1n) is 44.5. The predicted molar refractivity (Wildman–Crippen MR) is 529 cm³/mol.